The van der Waals surface area contributed by atoms with E-state index in [1.165, 1.54) is 11.3 Å². The van der Waals surface area contributed by atoms with E-state index in [0.29, 0.717) is 18.7 Å². The van der Waals surface area contributed by atoms with E-state index in [0.717, 1.165) is 10.4 Å². The number of nitrogens with zero attached hydrogens (tertiary/aromatic N) is 1. The lowest BCUT2D eigenvalue weighted by atomic mass is 10.1. The molecule has 0 fully saturated rings. The fraction of sp³-hybridized carbons (Fsp3) is 0.278. The van der Waals surface area contributed by atoms with Crippen molar-refractivity contribution in [2.24, 2.45) is 0 Å². The molecule has 8 heteroatoms. The molecule has 0 atom stereocenters. The predicted octanol–water partition coefficient (Wildman–Crippen LogP) is 1.57. The second kappa shape index (κ2) is 9.69. The molecule has 26 heavy (non-hydrogen) atoms. The Bertz CT molecular complexity index is 744. The van der Waals surface area contributed by atoms with Gasteiger partial charge in [0.25, 0.3) is 5.91 Å². The fourth-order valence-corrected chi connectivity index (χ4v) is 2.95. The zero-order valence-corrected chi connectivity index (χ0v) is 15.6. The van der Waals surface area contributed by atoms with Crippen molar-refractivity contribution in [3.63, 3.8) is 0 Å². The number of hydrogen-bond donors (Lipinski definition) is 3. The summed E-state index contributed by atoms with van der Waals surface area (Å²) in [4.78, 5) is 38.0. The van der Waals surface area contributed by atoms with Crippen LogP contribution < -0.4 is 16.0 Å². The van der Waals surface area contributed by atoms with Gasteiger partial charge in [-0.2, -0.15) is 0 Å². The lowest BCUT2D eigenvalue weighted by Crippen LogP contribution is -2.43. The van der Waals surface area contributed by atoms with Crippen molar-refractivity contribution in [1.82, 2.24) is 20.9 Å². The van der Waals surface area contributed by atoms with Crippen LogP contribution in [-0.2, 0) is 17.9 Å². The van der Waals surface area contributed by atoms with Crippen LogP contribution in [0.5, 0.6) is 0 Å². The average Bonchev–Trinajstić information content (AvgIpc) is 3.13. The van der Waals surface area contributed by atoms with Crippen molar-refractivity contribution < 1.29 is 14.4 Å². The summed E-state index contributed by atoms with van der Waals surface area (Å²) in [7, 11) is 3.37. The van der Waals surface area contributed by atoms with Gasteiger partial charge in [0.15, 0.2) is 0 Å². The Morgan fingerprint density at radius 3 is 2.46 bits per heavy atom. The monoisotopic (exact) mass is 374 g/mol. The molecule has 138 valence electrons. The topological polar surface area (TPSA) is 90.5 Å². The normalized spacial score (nSPS) is 10.4. The smallest absolute Gasteiger partial charge is 0.321 e. The van der Waals surface area contributed by atoms with Crippen LogP contribution in [0, 0.1) is 0 Å². The minimum atomic E-state index is -0.508. The lowest BCUT2D eigenvalue weighted by Gasteiger charge is -2.16. The van der Waals surface area contributed by atoms with E-state index in [1.807, 2.05) is 29.6 Å². The molecule has 0 bridgehead atoms. The first-order valence-corrected chi connectivity index (χ1v) is 8.95. The molecule has 0 spiro atoms. The summed E-state index contributed by atoms with van der Waals surface area (Å²) in [6, 6.07) is 10.5. The number of imide groups is 1. The molecule has 3 N–H and O–H groups in total. The molecule has 4 amide bonds. The average molecular weight is 374 g/mol. The molecule has 0 saturated carbocycles. The number of rotatable bonds is 7. The van der Waals surface area contributed by atoms with E-state index >= 15 is 0 Å². The zero-order valence-electron chi connectivity index (χ0n) is 14.7. The Hall–Kier alpha value is -2.71. The van der Waals surface area contributed by atoms with Gasteiger partial charge in [-0.25, -0.2) is 4.79 Å². The van der Waals surface area contributed by atoms with E-state index < -0.39 is 6.03 Å². The van der Waals surface area contributed by atoms with Crippen LogP contribution in [0.15, 0.2) is 41.8 Å². The molecule has 2 rings (SSSR count). The summed E-state index contributed by atoms with van der Waals surface area (Å²) in [5.74, 6) is -0.518. The van der Waals surface area contributed by atoms with Crippen molar-refractivity contribution in [2.45, 2.75) is 13.1 Å². The van der Waals surface area contributed by atoms with Gasteiger partial charge in [0.1, 0.15) is 0 Å². The Kier molecular flexibility index (Phi) is 7.31. The number of carbonyl (C=O) groups is 3. The maximum absolute atomic E-state index is 11.9. The van der Waals surface area contributed by atoms with Gasteiger partial charge >= 0.3 is 6.03 Å². The summed E-state index contributed by atoms with van der Waals surface area (Å²) < 4.78 is 0. The third-order valence-corrected chi connectivity index (χ3v) is 4.44. The molecule has 2 aromatic rings. The molecule has 1 aromatic heterocycles. The van der Waals surface area contributed by atoms with Gasteiger partial charge < -0.3 is 10.6 Å². The second-order valence-electron chi connectivity index (χ2n) is 5.76. The van der Waals surface area contributed by atoms with Crippen LogP contribution in [0.25, 0.3) is 0 Å². The third kappa shape index (κ3) is 6.30. The number of benzene rings is 1. The summed E-state index contributed by atoms with van der Waals surface area (Å²) in [5.41, 5.74) is 1.55. The molecule has 1 aromatic carbocycles. The first kappa shape index (κ1) is 19.6. The van der Waals surface area contributed by atoms with E-state index in [-0.39, 0.29) is 18.4 Å². The molecule has 7 nitrogen and oxygen atoms in total. The molecular formula is C18H22N4O3S. The van der Waals surface area contributed by atoms with E-state index in [1.54, 1.807) is 31.1 Å². The van der Waals surface area contributed by atoms with Crippen LogP contribution in [0.3, 0.4) is 0 Å². The molecule has 0 aliphatic rings. The predicted molar refractivity (Wildman–Crippen MR) is 101 cm³/mol. The van der Waals surface area contributed by atoms with E-state index in [9.17, 15) is 14.4 Å². The Morgan fingerprint density at radius 2 is 1.85 bits per heavy atom. The number of carbonyl (C=O) groups excluding carboxylic acids is 3. The maximum Gasteiger partial charge on any atom is 0.321 e. The zero-order chi connectivity index (χ0) is 18.9. The standard InChI is InChI=1S/C18H22N4O3S/c1-19-17(24)14-7-5-13(6-8-14)11-22(2)12-16(23)21-18(25)20-10-15-4-3-9-26-15/h3-9H,10-12H2,1-2H3,(H,19,24)(H2,20,21,23,25). The number of amides is 4. The molecule has 1 heterocycles. The second-order valence-corrected chi connectivity index (χ2v) is 6.79. The molecule has 0 aliphatic carbocycles. The quantitative estimate of drug-likeness (QED) is 0.686. The minimum Gasteiger partial charge on any atom is -0.355 e. The first-order valence-electron chi connectivity index (χ1n) is 8.07. The van der Waals surface area contributed by atoms with Crippen LogP contribution in [0.2, 0.25) is 0 Å². The van der Waals surface area contributed by atoms with Crippen LogP contribution in [0.1, 0.15) is 20.8 Å². The summed E-state index contributed by atoms with van der Waals surface area (Å²) in [5, 5.41) is 9.45. The lowest BCUT2D eigenvalue weighted by molar-refractivity contribution is -0.120. The van der Waals surface area contributed by atoms with Gasteiger partial charge in [0, 0.05) is 24.0 Å². The highest BCUT2D eigenvalue weighted by atomic mass is 32.1. The van der Waals surface area contributed by atoms with Crippen molar-refractivity contribution in [3.05, 3.63) is 57.8 Å². The molecule has 0 saturated heterocycles. The molecular weight excluding hydrogens is 352 g/mol. The van der Waals surface area contributed by atoms with Crippen molar-refractivity contribution in [2.75, 3.05) is 20.6 Å². The van der Waals surface area contributed by atoms with Gasteiger partial charge in [0.2, 0.25) is 5.91 Å². The van der Waals surface area contributed by atoms with Crippen molar-refractivity contribution in [3.8, 4) is 0 Å². The van der Waals surface area contributed by atoms with Gasteiger partial charge in [-0.15, -0.1) is 11.3 Å². The number of hydrogen-bond acceptors (Lipinski definition) is 5. The largest absolute Gasteiger partial charge is 0.355 e. The highest BCUT2D eigenvalue weighted by Gasteiger charge is 2.11. The molecule has 0 aliphatic heterocycles. The number of thiophene rings is 1. The van der Waals surface area contributed by atoms with E-state index in [2.05, 4.69) is 16.0 Å². The summed E-state index contributed by atoms with van der Waals surface area (Å²) in [6.45, 7) is 1.01. The van der Waals surface area contributed by atoms with Gasteiger partial charge in [-0.3, -0.25) is 19.8 Å². The fourth-order valence-electron chi connectivity index (χ4n) is 2.31. The summed E-state index contributed by atoms with van der Waals surface area (Å²) in [6.07, 6.45) is 0. The highest BCUT2D eigenvalue weighted by molar-refractivity contribution is 7.09. The molecule has 0 radical (unpaired) electrons. The van der Waals surface area contributed by atoms with Crippen LogP contribution >= 0.6 is 11.3 Å². The van der Waals surface area contributed by atoms with Gasteiger partial charge in [-0.05, 0) is 36.2 Å². The summed E-state index contributed by atoms with van der Waals surface area (Å²) >= 11 is 1.54. The maximum atomic E-state index is 11.9. The van der Waals surface area contributed by atoms with Crippen LogP contribution in [-0.4, -0.2) is 43.4 Å². The number of urea groups is 1. The van der Waals surface area contributed by atoms with Gasteiger partial charge in [-0.1, -0.05) is 18.2 Å². The van der Waals surface area contributed by atoms with E-state index in [4.69, 9.17) is 0 Å². The third-order valence-electron chi connectivity index (χ3n) is 3.57. The number of likely N-dealkylation sites (N-methyl/N-ethyl adjacent to an activating group) is 1. The van der Waals surface area contributed by atoms with Crippen LogP contribution in [0.4, 0.5) is 4.79 Å². The van der Waals surface area contributed by atoms with Crippen molar-refractivity contribution in [1.29, 1.82) is 0 Å². The highest BCUT2D eigenvalue weighted by Crippen LogP contribution is 2.08. The first-order chi connectivity index (χ1) is 12.5. The van der Waals surface area contributed by atoms with Crippen molar-refractivity contribution >= 4 is 29.2 Å². The SMILES string of the molecule is CNC(=O)c1ccc(CN(C)CC(=O)NC(=O)NCc2cccs2)cc1. The van der Waals surface area contributed by atoms with Gasteiger partial charge in [0.05, 0.1) is 13.1 Å². The molecule has 0 unspecified atom stereocenters. The Balaban J connectivity index is 1.74. The number of nitrogens with one attached hydrogen (secondary N) is 3. The Morgan fingerprint density at radius 1 is 1.12 bits per heavy atom. The Labute approximate surface area is 156 Å². The minimum absolute atomic E-state index is 0.0869.